The number of amides is 2. The summed E-state index contributed by atoms with van der Waals surface area (Å²) in [4.78, 5) is 24.2. The van der Waals surface area contributed by atoms with Crippen molar-refractivity contribution < 1.29 is 19.1 Å². The first-order valence-corrected chi connectivity index (χ1v) is 7.97. The Bertz CT molecular complexity index is 742. The molecule has 0 aromatic heterocycles. The van der Waals surface area contributed by atoms with Crippen molar-refractivity contribution in [3.8, 4) is 11.5 Å². The van der Waals surface area contributed by atoms with Crippen LogP contribution in [0.15, 0.2) is 42.5 Å². The van der Waals surface area contributed by atoms with Crippen LogP contribution < -0.4 is 20.1 Å². The highest BCUT2D eigenvalue weighted by Gasteiger charge is 2.11. The number of methoxy groups -OCH3 is 2. The predicted molar refractivity (Wildman–Crippen MR) is 95.7 cm³/mol. The van der Waals surface area contributed by atoms with E-state index in [1.54, 1.807) is 42.5 Å². The summed E-state index contributed by atoms with van der Waals surface area (Å²) in [6.07, 6.45) is 0. The fraction of sp³-hybridized carbons (Fsp3) is 0.222. The van der Waals surface area contributed by atoms with E-state index in [0.29, 0.717) is 27.6 Å². The van der Waals surface area contributed by atoms with Crippen LogP contribution in [0.25, 0.3) is 0 Å². The standard InChI is InChI=1S/C18H19ClN2O4/c1-24-13-9-12(10-14(11-13)25-2)17(22)20-7-8-21-18(23)15-5-3-4-6-16(15)19/h3-6,9-11H,7-8H2,1-2H3,(H,20,22)(H,21,23). The van der Waals surface area contributed by atoms with Crippen LogP contribution in [0.2, 0.25) is 5.02 Å². The predicted octanol–water partition coefficient (Wildman–Crippen LogP) is 2.52. The lowest BCUT2D eigenvalue weighted by Crippen LogP contribution is -2.34. The Kier molecular flexibility index (Phi) is 6.65. The van der Waals surface area contributed by atoms with Gasteiger partial charge in [-0.05, 0) is 24.3 Å². The third-order valence-corrected chi connectivity index (χ3v) is 3.76. The zero-order chi connectivity index (χ0) is 18.2. The third kappa shape index (κ3) is 5.12. The maximum atomic E-state index is 12.2. The molecule has 7 heteroatoms. The van der Waals surface area contributed by atoms with Gasteiger partial charge in [-0.15, -0.1) is 0 Å². The smallest absolute Gasteiger partial charge is 0.252 e. The average molecular weight is 363 g/mol. The molecule has 2 rings (SSSR count). The first kappa shape index (κ1) is 18.6. The zero-order valence-electron chi connectivity index (χ0n) is 14.0. The van der Waals surface area contributed by atoms with E-state index in [1.807, 2.05) is 0 Å². The minimum Gasteiger partial charge on any atom is -0.497 e. The van der Waals surface area contributed by atoms with Crippen LogP contribution >= 0.6 is 11.6 Å². The Morgan fingerprint density at radius 3 is 2.04 bits per heavy atom. The van der Waals surface area contributed by atoms with Crippen molar-refractivity contribution in [1.82, 2.24) is 10.6 Å². The zero-order valence-corrected chi connectivity index (χ0v) is 14.7. The quantitative estimate of drug-likeness (QED) is 0.742. The lowest BCUT2D eigenvalue weighted by atomic mass is 10.2. The van der Waals surface area contributed by atoms with E-state index >= 15 is 0 Å². The number of ether oxygens (including phenoxy) is 2. The Balaban J connectivity index is 1.87. The number of carbonyl (C=O) groups excluding carboxylic acids is 2. The first-order chi connectivity index (χ1) is 12.0. The van der Waals surface area contributed by atoms with Crippen molar-refractivity contribution in [3.63, 3.8) is 0 Å². The van der Waals surface area contributed by atoms with E-state index in [-0.39, 0.29) is 24.9 Å². The Hall–Kier alpha value is -2.73. The average Bonchev–Trinajstić information content (AvgIpc) is 2.64. The van der Waals surface area contributed by atoms with Crippen molar-refractivity contribution in [2.24, 2.45) is 0 Å². The molecule has 0 saturated carbocycles. The Labute approximate surface area is 151 Å². The summed E-state index contributed by atoms with van der Waals surface area (Å²) in [7, 11) is 3.03. The van der Waals surface area contributed by atoms with Gasteiger partial charge in [-0.1, -0.05) is 23.7 Å². The van der Waals surface area contributed by atoms with Gasteiger partial charge in [-0.2, -0.15) is 0 Å². The number of benzene rings is 2. The molecular formula is C18H19ClN2O4. The van der Waals surface area contributed by atoms with E-state index < -0.39 is 0 Å². The maximum Gasteiger partial charge on any atom is 0.252 e. The van der Waals surface area contributed by atoms with Gasteiger partial charge in [-0.25, -0.2) is 0 Å². The number of hydrogen-bond donors (Lipinski definition) is 2. The van der Waals surface area contributed by atoms with E-state index in [0.717, 1.165) is 0 Å². The highest BCUT2D eigenvalue weighted by molar-refractivity contribution is 6.33. The molecule has 2 aromatic rings. The number of rotatable bonds is 7. The van der Waals surface area contributed by atoms with E-state index in [2.05, 4.69) is 10.6 Å². The van der Waals surface area contributed by atoms with Crippen molar-refractivity contribution in [1.29, 1.82) is 0 Å². The lowest BCUT2D eigenvalue weighted by Gasteiger charge is -2.10. The second kappa shape index (κ2) is 8.94. The largest absolute Gasteiger partial charge is 0.497 e. The van der Waals surface area contributed by atoms with E-state index in [4.69, 9.17) is 21.1 Å². The number of halogens is 1. The molecule has 25 heavy (non-hydrogen) atoms. The molecule has 0 radical (unpaired) electrons. The number of nitrogens with one attached hydrogen (secondary N) is 2. The molecule has 2 aromatic carbocycles. The minimum absolute atomic E-state index is 0.272. The molecule has 132 valence electrons. The van der Waals surface area contributed by atoms with Gasteiger partial charge in [0.2, 0.25) is 0 Å². The molecule has 0 bridgehead atoms. The van der Waals surface area contributed by atoms with Gasteiger partial charge < -0.3 is 20.1 Å². The van der Waals surface area contributed by atoms with Gasteiger partial charge in [0.1, 0.15) is 11.5 Å². The normalized spacial score (nSPS) is 10.0. The molecule has 0 fully saturated rings. The van der Waals surface area contributed by atoms with Crippen LogP contribution in [0, 0.1) is 0 Å². The molecule has 0 spiro atoms. The molecule has 6 nitrogen and oxygen atoms in total. The summed E-state index contributed by atoms with van der Waals surface area (Å²) >= 11 is 5.97. The third-order valence-electron chi connectivity index (χ3n) is 3.43. The summed E-state index contributed by atoms with van der Waals surface area (Å²) in [6, 6.07) is 11.7. The maximum absolute atomic E-state index is 12.2. The fourth-order valence-corrected chi connectivity index (χ4v) is 2.35. The highest BCUT2D eigenvalue weighted by atomic mass is 35.5. The van der Waals surface area contributed by atoms with Crippen LogP contribution in [-0.4, -0.2) is 39.1 Å². The van der Waals surface area contributed by atoms with Gasteiger partial charge in [0.25, 0.3) is 11.8 Å². The van der Waals surface area contributed by atoms with Crippen LogP contribution in [0.4, 0.5) is 0 Å². The van der Waals surface area contributed by atoms with Gasteiger partial charge >= 0.3 is 0 Å². The molecule has 0 aliphatic rings. The molecule has 0 aliphatic carbocycles. The van der Waals surface area contributed by atoms with Crippen LogP contribution in [-0.2, 0) is 0 Å². The molecule has 0 atom stereocenters. The molecule has 2 N–H and O–H groups in total. The molecule has 0 aliphatic heterocycles. The summed E-state index contributed by atoms with van der Waals surface area (Å²) in [5, 5.41) is 5.81. The minimum atomic E-state index is -0.289. The topological polar surface area (TPSA) is 76.7 Å². The molecule has 2 amide bonds. The first-order valence-electron chi connectivity index (χ1n) is 7.59. The van der Waals surface area contributed by atoms with Gasteiger partial charge in [0, 0.05) is 24.7 Å². The summed E-state index contributed by atoms with van der Waals surface area (Å²) in [5.74, 6) is 0.472. The van der Waals surface area contributed by atoms with Crippen LogP contribution in [0.5, 0.6) is 11.5 Å². The molecule has 0 saturated heterocycles. The number of hydrogen-bond acceptors (Lipinski definition) is 4. The fourth-order valence-electron chi connectivity index (χ4n) is 2.13. The summed E-state index contributed by atoms with van der Waals surface area (Å²) in [5.41, 5.74) is 0.807. The van der Waals surface area contributed by atoms with Crippen molar-refractivity contribution in [2.45, 2.75) is 0 Å². The van der Waals surface area contributed by atoms with Crippen molar-refractivity contribution in [2.75, 3.05) is 27.3 Å². The Morgan fingerprint density at radius 1 is 0.920 bits per heavy atom. The van der Waals surface area contributed by atoms with Gasteiger partial charge in [0.15, 0.2) is 0 Å². The van der Waals surface area contributed by atoms with E-state index in [9.17, 15) is 9.59 Å². The molecular weight excluding hydrogens is 344 g/mol. The summed E-state index contributed by atoms with van der Waals surface area (Å²) < 4.78 is 10.3. The van der Waals surface area contributed by atoms with Crippen LogP contribution in [0.3, 0.4) is 0 Å². The SMILES string of the molecule is COc1cc(OC)cc(C(=O)NCCNC(=O)c2ccccc2Cl)c1. The Morgan fingerprint density at radius 2 is 1.48 bits per heavy atom. The molecule has 0 unspecified atom stereocenters. The summed E-state index contributed by atoms with van der Waals surface area (Å²) in [6.45, 7) is 0.547. The lowest BCUT2D eigenvalue weighted by molar-refractivity contribution is 0.0927. The second-order valence-electron chi connectivity index (χ2n) is 5.09. The second-order valence-corrected chi connectivity index (χ2v) is 5.50. The van der Waals surface area contributed by atoms with Crippen molar-refractivity contribution in [3.05, 3.63) is 58.6 Å². The molecule has 0 heterocycles. The van der Waals surface area contributed by atoms with Crippen molar-refractivity contribution >= 4 is 23.4 Å². The van der Waals surface area contributed by atoms with E-state index in [1.165, 1.54) is 14.2 Å². The monoisotopic (exact) mass is 362 g/mol. The van der Waals surface area contributed by atoms with Crippen LogP contribution in [0.1, 0.15) is 20.7 Å². The number of carbonyl (C=O) groups is 2. The highest BCUT2D eigenvalue weighted by Crippen LogP contribution is 2.22. The van der Waals surface area contributed by atoms with Gasteiger partial charge in [0.05, 0.1) is 24.8 Å². The van der Waals surface area contributed by atoms with Gasteiger partial charge in [-0.3, -0.25) is 9.59 Å².